The number of esters is 1. The number of ether oxygens (including phenoxy) is 1. The molecule has 25 heavy (non-hydrogen) atoms. The van der Waals surface area contributed by atoms with Crippen molar-refractivity contribution in [3.63, 3.8) is 0 Å². The van der Waals surface area contributed by atoms with Crippen LogP contribution in [0.25, 0.3) is 11.0 Å². The summed E-state index contributed by atoms with van der Waals surface area (Å²) in [5.74, 6) is -1.13. The lowest BCUT2D eigenvalue weighted by Gasteiger charge is -2.09. The van der Waals surface area contributed by atoms with Gasteiger partial charge >= 0.3 is 5.97 Å². The van der Waals surface area contributed by atoms with E-state index in [2.05, 4.69) is 10.3 Å². The van der Waals surface area contributed by atoms with E-state index < -0.39 is 5.97 Å². The second-order valence-corrected chi connectivity index (χ2v) is 5.36. The number of aromatic hydroxyl groups is 1. The topological polar surface area (TPSA) is 93.5 Å². The number of phenolic OH excluding ortho intramolecular Hbond substituents is 1. The molecule has 128 valence electrons. The molecule has 3 rings (SSSR count). The molecule has 2 N–H and O–H groups in total. The second kappa shape index (κ2) is 7.04. The van der Waals surface area contributed by atoms with Gasteiger partial charge in [-0.3, -0.25) is 4.79 Å². The van der Waals surface area contributed by atoms with E-state index >= 15 is 0 Å². The minimum Gasteiger partial charge on any atom is -0.507 e. The van der Waals surface area contributed by atoms with Gasteiger partial charge in [0.25, 0.3) is 0 Å². The normalized spacial score (nSPS) is 10.6. The predicted octanol–water partition coefficient (Wildman–Crippen LogP) is 2.56. The number of benzene rings is 2. The molecule has 0 saturated heterocycles. The van der Waals surface area contributed by atoms with E-state index in [4.69, 9.17) is 4.74 Å². The number of para-hydroxylation sites is 2. The zero-order valence-electron chi connectivity index (χ0n) is 13.6. The third-order valence-corrected chi connectivity index (χ3v) is 3.62. The lowest BCUT2D eigenvalue weighted by Crippen LogP contribution is -2.18. The minimum atomic E-state index is -0.609. The van der Waals surface area contributed by atoms with Crippen LogP contribution in [-0.2, 0) is 16.1 Å². The van der Waals surface area contributed by atoms with Crippen LogP contribution in [0.3, 0.4) is 0 Å². The molecule has 1 amide bonds. The van der Waals surface area contributed by atoms with Gasteiger partial charge in [-0.15, -0.1) is 0 Å². The van der Waals surface area contributed by atoms with Crippen molar-refractivity contribution in [1.29, 1.82) is 0 Å². The van der Waals surface area contributed by atoms with Crippen LogP contribution < -0.4 is 5.32 Å². The maximum absolute atomic E-state index is 12.2. The van der Waals surface area contributed by atoms with Gasteiger partial charge in [0, 0.05) is 11.8 Å². The number of carbonyl (C=O) groups is 2. The molecule has 2 aromatic carbocycles. The molecule has 0 bridgehead atoms. The van der Waals surface area contributed by atoms with Crippen molar-refractivity contribution in [2.45, 2.75) is 13.5 Å². The van der Waals surface area contributed by atoms with Crippen LogP contribution in [0.15, 0.2) is 48.8 Å². The Morgan fingerprint density at radius 2 is 2.04 bits per heavy atom. The van der Waals surface area contributed by atoms with E-state index in [-0.39, 0.29) is 30.4 Å². The first-order chi connectivity index (χ1) is 12.1. The third kappa shape index (κ3) is 3.60. The lowest BCUT2D eigenvalue weighted by atomic mass is 10.2. The van der Waals surface area contributed by atoms with Crippen molar-refractivity contribution in [3.8, 4) is 5.75 Å². The number of fused-ring (bicyclic) bond motifs is 1. The van der Waals surface area contributed by atoms with Gasteiger partial charge in [0.1, 0.15) is 17.9 Å². The summed E-state index contributed by atoms with van der Waals surface area (Å²) in [7, 11) is 0. The van der Waals surface area contributed by atoms with Crippen molar-refractivity contribution in [2.24, 2.45) is 0 Å². The number of hydrogen-bond donors (Lipinski definition) is 2. The molecule has 3 aromatic rings. The molecule has 0 aliphatic carbocycles. The summed E-state index contributed by atoms with van der Waals surface area (Å²) in [6, 6.07) is 11.8. The minimum absolute atomic E-state index is 0.0560. The van der Waals surface area contributed by atoms with Crippen molar-refractivity contribution in [1.82, 2.24) is 9.55 Å². The van der Waals surface area contributed by atoms with Crippen LogP contribution in [0.4, 0.5) is 5.69 Å². The summed E-state index contributed by atoms with van der Waals surface area (Å²) >= 11 is 0. The van der Waals surface area contributed by atoms with Crippen LogP contribution in [-0.4, -0.2) is 33.1 Å². The van der Waals surface area contributed by atoms with E-state index in [1.54, 1.807) is 17.8 Å². The highest BCUT2D eigenvalue weighted by molar-refractivity contribution is 5.95. The Labute approximate surface area is 143 Å². The van der Waals surface area contributed by atoms with E-state index in [0.29, 0.717) is 5.69 Å². The zero-order valence-corrected chi connectivity index (χ0v) is 13.6. The standard InChI is InChI=1S/C18H17N3O4/c1-2-25-18(24)13-8-7-12(9-16(13)22)20-17(23)10-21-11-19-14-5-3-4-6-15(14)21/h3-9,11,22H,2,10H2,1H3,(H,20,23). The summed E-state index contributed by atoms with van der Waals surface area (Å²) in [6.45, 7) is 1.99. The number of hydrogen-bond acceptors (Lipinski definition) is 5. The summed E-state index contributed by atoms with van der Waals surface area (Å²) < 4.78 is 6.58. The Morgan fingerprint density at radius 1 is 1.24 bits per heavy atom. The molecule has 0 fully saturated rings. The van der Waals surface area contributed by atoms with Crippen LogP contribution in [0.5, 0.6) is 5.75 Å². The number of nitrogens with zero attached hydrogens (tertiary/aromatic N) is 2. The molecule has 1 heterocycles. The number of carbonyl (C=O) groups excluding carboxylic acids is 2. The first-order valence-electron chi connectivity index (χ1n) is 7.78. The Balaban J connectivity index is 1.71. The van der Waals surface area contributed by atoms with Crippen molar-refractivity contribution in [2.75, 3.05) is 11.9 Å². The van der Waals surface area contributed by atoms with E-state index in [9.17, 15) is 14.7 Å². The first-order valence-corrected chi connectivity index (χ1v) is 7.78. The highest BCUT2D eigenvalue weighted by Gasteiger charge is 2.14. The molecule has 0 aliphatic heterocycles. The second-order valence-electron chi connectivity index (χ2n) is 5.36. The van der Waals surface area contributed by atoms with Crippen LogP contribution in [0, 0.1) is 0 Å². The fourth-order valence-corrected chi connectivity index (χ4v) is 2.48. The molecule has 0 saturated carbocycles. The molecular weight excluding hydrogens is 322 g/mol. The summed E-state index contributed by atoms with van der Waals surface area (Å²) in [4.78, 5) is 28.1. The van der Waals surface area contributed by atoms with Gasteiger partial charge in [-0.25, -0.2) is 9.78 Å². The zero-order chi connectivity index (χ0) is 17.8. The maximum Gasteiger partial charge on any atom is 0.341 e. The largest absolute Gasteiger partial charge is 0.507 e. The number of aromatic nitrogens is 2. The van der Waals surface area contributed by atoms with E-state index in [1.165, 1.54) is 18.2 Å². The van der Waals surface area contributed by atoms with Crippen LogP contribution in [0.2, 0.25) is 0 Å². The van der Waals surface area contributed by atoms with Gasteiger partial charge in [0.2, 0.25) is 5.91 Å². The molecule has 7 nitrogen and oxygen atoms in total. The number of amides is 1. The predicted molar refractivity (Wildman–Crippen MR) is 92.4 cm³/mol. The monoisotopic (exact) mass is 339 g/mol. The molecule has 0 radical (unpaired) electrons. The Bertz CT molecular complexity index is 933. The van der Waals surface area contributed by atoms with Gasteiger partial charge in [0.05, 0.1) is 24.0 Å². The number of nitrogens with one attached hydrogen (secondary N) is 1. The van der Waals surface area contributed by atoms with Crippen molar-refractivity contribution < 1.29 is 19.4 Å². The molecule has 0 spiro atoms. The van der Waals surface area contributed by atoms with Crippen molar-refractivity contribution in [3.05, 3.63) is 54.4 Å². The molecule has 0 unspecified atom stereocenters. The lowest BCUT2D eigenvalue weighted by molar-refractivity contribution is -0.116. The number of rotatable bonds is 5. The Kier molecular flexibility index (Phi) is 4.65. The Morgan fingerprint density at radius 3 is 2.80 bits per heavy atom. The fraction of sp³-hybridized carbons (Fsp3) is 0.167. The van der Waals surface area contributed by atoms with Crippen molar-refractivity contribution >= 4 is 28.6 Å². The molecule has 7 heteroatoms. The molecule has 0 atom stereocenters. The quantitative estimate of drug-likeness (QED) is 0.697. The van der Waals surface area contributed by atoms with Crippen LogP contribution in [0.1, 0.15) is 17.3 Å². The number of anilines is 1. The molecule has 1 aromatic heterocycles. The van der Waals surface area contributed by atoms with Gasteiger partial charge in [0.15, 0.2) is 0 Å². The summed E-state index contributed by atoms with van der Waals surface area (Å²) in [5.41, 5.74) is 2.12. The SMILES string of the molecule is CCOC(=O)c1ccc(NC(=O)Cn2cnc3ccccc32)cc1O. The first kappa shape index (κ1) is 16.5. The fourth-order valence-electron chi connectivity index (χ4n) is 2.48. The molecular formula is C18H17N3O4. The highest BCUT2D eigenvalue weighted by atomic mass is 16.5. The van der Waals surface area contributed by atoms with Crippen LogP contribution >= 0.6 is 0 Å². The van der Waals surface area contributed by atoms with Gasteiger partial charge in [-0.2, -0.15) is 0 Å². The summed E-state index contributed by atoms with van der Waals surface area (Å²) in [6.07, 6.45) is 1.60. The van der Waals surface area contributed by atoms with Gasteiger partial charge in [-0.1, -0.05) is 12.1 Å². The highest BCUT2D eigenvalue weighted by Crippen LogP contribution is 2.23. The third-order valence-electron chi connectivity index (χ3n) is 3.62. The number of imidazole rings is 1. The van der Waals surface area contributed by atoms with Gasteiger partial charge < -0.3 is 19.7 Å². The average molecular weight is 339 g/mol. The smallest absolute Gasteiger partial charge is 0.341 e. The molecule has 0 aliphatic rings. The van der Waals surface area contributed by atoms with E-state index in [1.807, 2.05) is 24.3 Å². The van der Waals surface area contributed by atoms with E-state index in [0.717, 1.165) is 11.0 Å². The maximum atomic E-state index is 12.2. The number of phenols is 1. The average Bonchev–Trinajstić information content (AvgIpc) is 2.98. The summed E-state index contributed by atoms with van der Waals surface area (Å²) in [5, 5.41) is 12.6. The Hall–Kier alpha value is -3.35. The van der Waals surface area contributed by atoms with Gasteiger partial charge in [-0.05, 0) is 31.2 Å².